The number of benzene rings is 3. The van der Waals surface area contributed by atoms with Crippen LogP contribution in [-0.2, 0) is 9.47 Å². The molecule has 5 rings (SSSR count). The largest absolute Gasteiger partial charge is 0.509 e. The van der Waals surface area contributed by atoms with E-state index in [-0.39, 0.29) is 17.0 Å². The van der Waals surface area contributed by atoms with Crippen LogP contribution in [0.25, 0.3) is 21.5 Å². The van der Waals surface area contributed by atoms with Crippen molar-refractivity contribution in [2.45, 2.75) is 23.5 Å². The van der Waals surface area contributed by atoms with Crippen molar-refractivity contribution in [1.82, 2.24) is 0 Å². The lowest BCUT2D eigenvalue weighted by atomic mass is 9.83. The van der Waals surface area contributed by atoms with Gasteiger partial charge in [-0.05, 0) is 27.1 Å². The molecular formula is C19H13BrO3. The number of ether oxygens (including phenoxy) is 2. The minimum absolute atomic E-state index is 0.151. The van der Waals surface area contributed by atoms with Gasteiger partial charge in [0.05, 0.1) is 0 Å². The normalized spacial score (nSPS) is 25.8. The first-order chi connectivity index (χ1) is 11.2. The summed E-state index contributed by atoms with van der Waals surface area (Å²) >= 11 is 3.78. The first kappa shape index (κ1) is 13.4. The number of hydrogen-bond acceptors (Lipinski definition) is 3. The van der Waals surface area contributed by atoms with Gasteiger partial charge >= 0.3 is 6.16 Å². The van der Waals surface area contributed by atoms with Gasteiger partial charge in [-0.2, -0.15) is 0 Å². The minimum Gasteiger partial charge on any atom is -0.427 e. The van der Waals surface area contributed by atoms with Crippen molar-refractivity contribution in [2.75, 3.05) is 0 Å². The summed E-state index contributed by atoms with van der Waals surface area (Å²) in [6.07, 6.45) is -0.319. The Morgan fingerprint density at radius 1 is 0.913 bits per heavy atom. The molecule has 1 heterocycles. The molecule has 0 aromatic heterocycles. The van der Waals surface area contributed by atoms with E-state index in [0.29, 0.717) is 0 Å². The van der Waals surface area contributed by atoms with Crippen LogP contribution in [0.2, 0.25) is 0 Å². The predicted octanol–water partition coefficient (Wildman–Crippen LogP) is 5.41. The maximum atomic E-state index is 11.5. The Morgan fingerprint density at radius 3 is 2.65 bits per heavy atom. The van der Waals surface area contributed by atoms with Gasteiger partial charge in [0, 0.05) is 16.8 Å². The van der Waals surface area contributed by atoms with E-state index in [0.717, 1.165) is 12.0 Å². The maximum Gasteiger partial charge on any atom is 0.509 e. The molecule has 1 saturated heterocycles. The average molecular weight is 369 g/mol. The molecule has 0 bridgehead atoms. The van der Waals surface area contributed by atoms with Crippen LogP contribution < -0.4 is 0 Å². The second-order valence-electron chi connectivity index (χ2n) is 6.10. The number of carbonyl (C=O) groups is 1. The van der Waals surface area contributed by atoms with Gasteiger partial charge in [-0.1, -0.05) is 64.5 Å². The third kappa shape index (κ3) is 1.84. The van der Waals surface area contributed by atoms with Crippen LogP contribution in [0.4, 0.5) is 4.79 Å². The predicted molar refractivity (Wildman–Crippen MR) is 91.8 cm³/mol. The van der Waals surface area contributed by atoms with E-state index in [1.54, 1.807) is 0 Å². The van der Waals surface area contributed by atoms with E-state index in [2.05, 4.69) is 64.5 Å². The summed E-state index contributed by atoms with van der Waals surface area (Å²) in [5, 5.41) is 4.92. The van der Waals surface area contributed by atoms with Crippen LogP contribution >= 0.6 is 15.9 Å². The van der Waals surface area contributed by atoms with Gasteiger partial charge in [0.1, 0.15) is 6.10 Å². The third-order valence-electron chi connectivity index (χ3n) is 4.87. The molecule has 0 N–H and O–H groups in total. The second kappa shape index (κ2) is 4.71. The molecule has 114 valence electrons. The quantitative estimate of drug-likeness (QED) is 0.302. The Labute approximate surface area is 141 Å². The van der Waals surface area contributed by atoms with E-state index in [1.807, 2.05) is 0 Å². The Hall–Kier alpha value is -2.07. The average Bonchev–Trinajstić information content (AvgIpc) is 2.94. The molecule has 0 spiro atoms. The topological polar surface area (TPSA) is 35.5 Å². The van der Waals surface area contributed by atoms with Crippen LogP contribution in [-0.4, -0.2) is 12.3 Å². The highest BCUT2D eigenvalue weighted by molar-refractivity contribution is 9.09. The molecule has 3 nitrogen and oxygen atoms in total. The van der Waals surface area contributed by atoms with Gasteiger partial charge in [0.15, 0.2) is 6.10 Å². The zero-order valence-corrected chi connectivity index (χ0v) is 13.7. The zero-order valence-electron chi connectivity index (χ0n) is 12.2. The standard InChI is InChI=1S/C19H13BrO3/c20-15-9-16-18(23-19(21)22-16)14-8-7-12-11-4-2-1-3-10(11)5-6-13(12)17(14)15/h1-8,15-16,18H,9H2/t15?,16-,18+/m0/s1. The molecule has 2 aliphatic rings. The van der Waals surface area contributed by atoms with Crippen LogP contribution in [0.5, 0.6) is 0 Å². The van der Waals surface area contributed by atoms with Crippen molar-refractivity contribution >= 4 is 43.6 Å². The number of carbonyl (C=O) groups excluding carboxylic acids is 1. The Morgan fingerprint density at radius 2 is 1.74 bits per heavy atom. The van der Waals surface area contributed by atoms with Gasteiger partial charge in [-0.25, -0.2) is 4.79 Å². The summed E-state index contributed by atoms with van der Waals surface area (Å²) in [6.45, 7) is 0. The fourth-order valence-electron chi connectivity index (χ4n) is 3.88. The Balaban J connectivity index is 1.83. The van der Waals surface area contributed by atoms with Crippen LogP contribution in [0, 0.1) is 0 Å². The van der Waals surface area contributed by atoms with Gasteiger partial charge in [-0.15, -0.1) is 0 Å². The first-order valence-corrected chi connectivity index (χ1v) is 8.59. The molecule has 1 aliphatic carbocycles. The Bertz CT molecular complexity index is 965. The van der Waals surface area contributed by atoms with Crippen molar-refractivity contribution in [3.63, 3.8) is 0 Å². The van der Waals surface area contributed by atoms with Crippen molar-refractivity contribution in [1.29, 1.82) is 0 Å². The van der Waals surface area contributed by atoms with E-state index < -0.39 is 6.16 Å². The molecule has 0 saturated carbocycles. The molecule has 0 radical (unpaired) electrons. The van der Waals surface area contributed by atoms with Gasteiger partial charge in [-0.3, -0.25) is 0 Å². The number of rotatable bonds is 0. The van der Waals surface area contributed by atoms with Crippen LogP contribution in [0.1, 0.15) is 28.5 Å². The lowest BCUT2D eigenvalue weighted by Gasteiger charge is -2.29. The molecule has 4 heteroatoms. The van der Waals surface area contributed by atoms with E-state index in [4.69, 9.17) is 9.47 Å². The molecule has 3 aromatic rings. The summed E-state index contributed by atoms with van der Waals surface area (Å²) in [7, 11) is 0. The molecule has 1 unspecified atom stereocenters. The summed E-state index contributed by atoms with van der Waals surface area (Å²) < 4.78 is 10.7. The van der Waals surface area contributed by atoms with Crippen LogP contribution in [0.15, 0.2) is 48.5 Å². The number of alkyl halides is 1. The van der Waals surface area contributed by atoms with Gasteiger partial charge < -0.3 is 9.47 Å². The molecule has 3 aromatic carbocycles. The summed E-state index contributed by atoms with van der Waals surface area (Å²) in [6, 6.07) is 16.9. The lowest BCUT2D eigenvalue weighted by molar-refractivity contribution is 0.115. The monoisotopic (exact) mass is 368 g/mol. The minimum atomic E-state index is -0.564. The third-order valence-corrected chi connectivity index (χ3v) is 5.70. The SMILES string of the molecule is O=C1O[C@H]2CC(Br)c3c(ccc4c3ccc3ccccc34)[C@H]2O1. The van der Waals surface area contributed by atoms with Gasteiger partial charge in [0.2, 0.25) is 0 Å². The molecule has 3 atom stereocenters. The maximum absolute atomic E-state index is 11.5. The number of hydrogen-bond donors (Lipinski definition) is 0. The number of fused-ring (bicyclic) bond motifs is 7. The van der Waals surface area contributed by atoms with Crippen molar-refractivity contribution < 1.29 is 14.3 Å². The van der Waals surface area contributed by atoms with E-state index in [9.17, 15) is 4.79 Å². The summed E-state index contributed by atoms with van der Waals surface area (Å²) in [4.78, 5) is 11.7. The van der Waals surface area contributed by atoms with Gasteiger partial charge in [0.25, 0.3) is 0 Å². The lowest BCUT2D eigenvalue weighted by Crippen LogP contribution is -2.24. The molecule has 0 amide bonds. The highest BCUT2D eigenvalue weighted by Gasteiger charge is 2.44. The molecule has 23 heavy (non-hydrogen) atoms. The van der Waals surface area contributed by atoms with E-state index >= 15 is 0 Å². The first-order valence-electron chi connectivity index (χ1n) is 7.68. The second-order valence-corrected chi connectivity index (χ2v) is 7.20. The fraction of sp³-hybridized carbons (Fsp3) is 0.211. The Kier molecular flexibility index (Phi) is 2.74. The van der Waals surface area contributed by atoms with Crippen molar-refractivity contribution in [3.05, 3.63) is 59.7 Å². The van der Waals surface area contributed by atoms with Crippen LogP contribution in [0.3, 0.4) is 0 Å². The highest BCUT2D eigenvalue weighted by Crippen LogP contribution is 2.49. The summed E-state index contributed by atoms with van der Waals surface area (Å²) in [5.74, 6) is 0. The van der Waals surface area contributed by atoms with Crippen molar-refractivity contribution in [3.8, 4) is 0 Å². The summed E-state index contributed by atoms with van der Waals surface area (Å²) in [5.41, 5.74) is 2.27. The smallest absolute Gasteiger partial charge is 0.427 e. The fourth-order valence-corrected chi connectivity index (χ4v) is 4.76. The number of halogens is 1. The molecule has 1 aliphatic heterocycles. The van der Waals surface area contributed by atoms with E-state index in [1.165, 1.54) is 27.1 Å². The highest BCUT2D eigenvalue weighted by atomic mass is 79.9. The zero-order chi connectivity index (χ0) is 15.6. The van der Waals surface area contributed by atoms with Crippen molar-refractivity contribution in [2.24, 2.45) is 0 Å². The molecule has 1 fully saturated rings. The molecular weight excluding hydrogens is 356 g/mol.